The Bertz CT molecular complexity index is 757. The Labute approximate surface area is 130 Å². The van der Waals surface area contributed by atoms with Crippen LogP contribution in [0.15, 0.2) is 47.8 Å². The average Bonchev–Trinajstić information content (AvgIpc) is 2.88. The van der Waals surface area contributed by atoms with Crippen LogP contribution in [0.3, 0.4) is 0 Å². The third-order valence-electron chi connectivity index (χ3n) is 4.05. The van der Waals surface area contributed by atoms with E-state index in [-0.39, 0.29) is 0 Å². The van der Waals surface area contributed by atoms with Gasteiger partial charge < -0.3 is 5.32 Å². The molecule has 0 spiro atoms. The lowest BCUT2D eigenvalue weighted by molar-refractivity contribution is 0.574. The first kappa shape index (κ1) is 14.3. The zero-order chi connectivity index (χ0) is 14.8. The van der Waals surface area contributed by atoms with Crippen molar-refractivity contribution in [2.24, 2.45) is 0 Å². The van der Waals surface area contributed by atoms with Gasteiger partial charge in [-0.3, -0.25) is 0 Å². The maximum atomic E-state index is 3.66. The van der Waals surface area contributed by atoms with Crippen LogP contribution in [0.25, 0.3) is 10.1 Å². The predicted molar refractivity (Wildman–Crippen MR) is 93.0 cm³/mol. The van der Waals surface area contributed by atoms with Gasteiger partial charge in [-0.1, -0.05) is 42.0 Å². The van der Waals surface area contributed by atoms with Gasteiger partial charge in [0.15, 0.2) is 0 Å². The molecule has 1 nitrogen and oxygen atoms in total. The molecule has 3 aromatic rings. The normalized spacial score (nSPS) is 12.7. The molecule has 3 rings (SSSR count). The van der Waals surface area contributed by atoms with Crippen LogP contribution in [0.5, 0.6) is 0 Å². The first-order chi connectivity index (χ1) is 10.1. The first-order valence-corrected chi connectivity index (χ1v) is 8.29. The SMILES string of the molecule is Cc1ccc(C(C)NCc2csc3ccccc23)c(C)c1. The summed E-state index contributed by atoms with van der Waals surface area (Å²) in [5, 5.41) is 7.31. The average molecular weight is 295 g/mol. The lowest BCUT2D eigenvalue weighted by Gasteiger charge is -2.17. The molecule has 0 aliphatic carbocycles. The predicted octanol–water partition coefficient (Wildman–Crippen LogP) is 5.37. The van der Waals surface area contributed by atoms with Crippen molar-refractivity contribution in [2.75, 3.05) is 0 Å². The highest BCUT2D eigenvalue weighted by Crippen LogP contribution is 2.26. The summed E-state index contributed by atoms with van der Waals surface area (Å²) >= 11 is 1.83. The van der Waals surface area contributed by atoms with Crippen LogP contribution in [0.1, 0.15) is 35.2 Å². The lowest BCUT2D eigenvalue weighted by Crippen LogP contribution is -2.18. The van der Waals surface area contributed by atoms with Gasteiger partial charge >= 0.3 is 0 Å². The molecule has 108 valence electrons. The van der Waals surface area contributed by atoms with Gasteiger partial charge in [0, 0.05) is 17.3 Å². The van der Waals surface area contributed by atoms with Gasteiger partial charge in [-0.25, -0.2) is 0 Å². The Balaban J connectivity index is 1.75. The summed E-state index contributed by atoms with van der Waals surface area (Å²) in [5.41, 5.74) is 5.48. The third-order valence-corrected chi connectivity index (χ3v) is 5.06. The van der Waals surface area contributed by atoms with Crippen LogP contribution >= 0.6 is 11.3 Å². The summed E-state index contributed by atoms with van der Waals surface area (Å²) in [6.45, 7) is 7.50. The molecule has 1 N–H and O–H groups in total. The number of hydrogen-bond donors (Lipinski definition) is 1. The maximum absolute atomic E-state index is 3.66. The number of rotatable bonds is 4. The van der Waals surface area contributed by atoms with E-state index in [9.17, 15) is 0 Å². The van der Waals surface area contributed by atoms with Crippen molar-refractivity contribution in [3.05, 3.63) is 70.1 Å². The summed E-state index contributed by atoms with van der Waals surface area (Å²) in [4.78, 5) is 0. The molecular weight excluding hydrogens is 274 g/mol. The van der Waals surface area contributed by atoms with E-state index in [1.54, 1.807) is 0 Å². The Hall–Kier alpha value is -1.64. The number of aryl methyl sites for hydroxylation is 2. The Kier molecular flexibility index (Phi) is 4.09. The molecule has 0 radical (unpaired) electrons. The molecule has 1 unspecified atom stereocenters. The summed E-state index contributed by atoms with van der Waals surface area (Å²) in [6, 6.07) is 15.7. The van der Waals surface area contributed by atoms with Crippen molar-refractivity contribution < 1.29 is 0 Å². The van der Waals surface area contributed by atoms with Gasteiger partial charge in [0.1, 0.15) is 0 Å². The molecule has 2 heteroatoms. The lowest BCUT2D eigenvalue weighted by atomic mass is 10.00. The third kappa shape index (κ3) is 3.02. The van der Waals surface area contributed by atoms with Crippen LogP contribution in [0.2, 0.25) is 0 Å². The number of thiophene rings is 1. The monoisotopic (exact) mass is 295 g/mol. The maximum Gasteiger partial charge on any atom is 0.0346 e. The van der Waals surface area contributed by atoms with Crippen molar-refractivity contribution in [1.29, 1.82) is 0 Å². The summed E-state index contributed by atoms with van der Waals surface area (Å²) in [7, 11) is 0. The zero-order valence-corrected chi connectivity index (χ0v) is 13.6. The molecule has 2 aromatic carbocycles. The van der Waals surface area contributed by atoms with Crippen LogP contribution in [-0.2, 0) is 6.54 Å². The second-order valence-electron chi connectivity index (χ2n) is 5.72. The molecule has 0 aliphatic rings. The molecule has 0 saturated heterocycles. The minimum atomic E-state index is 0.365. The zero-order valence-electron chi connectivity index (χ0n) is 12.8. The summed E-state index contributed by atoms with van der Waals surface area (Å²) in [5.74, 6) is 0. The minimum absolute atomic E-state index is 0.365. The van der Waals surface area contributed by atoms with Crippen molar-refractivity contribution in [3.63, 3.8) is 0 Å². The second-order valence-corrected chi connectivity index (χ2v) is 6.63. The van der Waals surface area contributed by atoms with E-state index in [4.69, 9.17) is 0 Å². The summed E-state index contributed by atoms with van der Waals surface area (Å²) in [6.07, 6.45) is 0. The number of benzene rings is 2. The topological polar surface area (TPSA) is 12.0 Å². The molecule has 0 fully saturated rings. The molecule has 1 aromatic heterocycles. The molecule has 1 atom stereocenters. The van der Waals surface area contributed by atoms with E-state index in [1.807, 2.05) is 11.3 Å². The van der Waals surface area contributed by atoms with Gasteiger partial charge in [-0.15, -0.1) is 11.3 Å². The highest BCUT2D eigenvalue weighted by molar-refractivity contribution is 7.17. The molecule has 21 heavy (non-hydrogen) atoms. The van der Waals surface area contributed by atoms with E-state index in [1.165, 1.54) is 32.3 Å². The fourth-order valence-corrected chi connectivity index (χ4v) is 3.82. The molecule has 1 heterocycles. The van der Waals surface area contributed by atoms with Crippen molar-refractivity contribution in [1.82, 2.24) is 5.32 Å². The minimum Gasteiger partial charge on any atom is -0.306 e. The van der Waals surface area contributed by atoms with Crippen molar-refractivity contribution in [3.8, 4) is 0 Å². The van der Waals surface area contributed by atoms with Crippen LogP contribution in [0, 0.1) is 13.8 Å². The van der Waals surface area contributed by atoms with Gasteiger partial charge in [0.2, 0.25) is 0 Å². The Morgan fingerprint density at radius 3 is 2.71 bits per heavy atom. The number of hydrogen-bond acceptors (Lipinski definition) is 2. The highest BCUT2D eigenvalue weighted by atomic mass is 32.1. The Morgan fingerprint density at radius 2 is 1.90 bits per heavy atom. The van der Waals surface area contributed by atoms with E-state index < -0.39 is 0 Å². The van der Waals surface area contributed by atoms with E-state index in [0.29, 0.717) is 6.04 Å². The van der Waals surface area contributed by atoms with Crippen LogP contribution in [0.4, 0.5) is 0 Å². The Morgan fingerprint density at radius 1 is 1.10 bits per heavy atom. The summed E-state index contributed by atoms with van der Waals surface area (Å²) < 4.78 is 1.37. The van der Waals surface area contributed by atoms with Gasteiger partial charge in [0.05, 0.1) is 0 Å². The number of nitrogens with one attached hydrogen (secondary N) is 1. The largest absolute Gasteiger partial charge is 0.306 e. The van der Waals surface area contributed by atoms with Gasteiger partial charge in [0.25, 0.3) is 0 Å². The van der Waals surface area contributed by atoms with Crippen molar-refractivity contribution in [2.45, 2.75) is 33.4 Å². The molecule has 0 aliphatic heterocycles. The standard InChI is InChI=1S/C19H21NS/c1-13-8-9-17(14(2)10-13)15(3)20-11-16-12-21-19-7-5-4-6-18(16)19/h4-10,12,15,20H,11H2,1-3H3. The second kappa shape index (κ2) is 6.00. The molecule has 0 amide bonds. The van der Waals surface area contributed by atoms with Crippen LogP contribution in [-0.4, -0.2) is 0 Å². The molecular formula is C19H21NS. The van der Waals surface area contributed by atoms with E-state index in [0.717, 1.165) is 6.54 Å². The smallest absolute Gasteiger partial charge is 0.0346 e. The number of fused-ring (bicyclic) bond motifs is 1. The van der Waals surface area contributed by atoms with E-state index in [2.05, 4.69) is 73.9 Å². The van der Waals surface area contributed by atoms with E-state index >= 15 is 0 Å². The molecule has 0 bridgehead atoms. The fourth-order valence-electron chi connectivity index (χ4n) is 2.85. The van der Waals surface area contributed by atoms with Gasteiger partial charge in [-0.2, -0.15) is 0 Å². The molecule has 0 saturated carbocycles. The highest BCUT2D eigenvalue weighted by Gasteiger charge is 2.09. The van der Waals surface area contributed by atoms with Gasteiger partial charge in [-0.05, 0) is 54.3 Å². The van der Waals surface area contributed by atoms with Crippen molar-refractivity contribution >= 4 is 21.4 Å². The first-order valence-electron chi connectivity index (χ1n) is 7.41. The fraction of sp³-hybridized carbons (Fsp3) is 0.263. The quantitative estimate of drug-likeness (QED) is 0.682. The van der Waals surface area contributed by atoms with Crippen LogP contribution < -0.4 is 5.32 Å².